The number of thiocarbonyl (C=S) groups is 2. The fourth-order valence-corrected chi connectivity index (χ4v) is 11.4. The smallest absolute Gasteiger partial charge is 0.203 e. The van der Waals surface area contributed by atoms with Crippen LogP contribution >= 0.6 is 36.8 Å². The summed E-state index contributed by atoms with van der Waals surface area (Å²) >= 11 is 10.4. The Morgan fingerprint density at radius 1 is 0.559 bits per heavy atom. The molecule has 0 saturated carbocycles. The highest BCUT2D eigenvalue weighted by atomic mass is 35.5. The van der Waals surface area contributed by atoms with Crippen LogP contribution in [0.1, 0.15) is 67.9 Å². The lowest BCUT2D eigenvalue weighted by atomic mass is 9.91. The highest BCUT2D eigenvalue weighted by molar-refractivity contribution is 7.80. The summed E-state index contributed by atoms with van der Waals surface area (Å²) in [5.41, 5.74) is 39.5. The van der Waals surface area contributed by atoms with Gasteiger partial charge < -0.3 is 59.8 Å². The molecule has 0 radical (unpaired) electrons. The zero-order chi connectivity index (χ0) is 65.6. The number of nitrogens with zero attached hydrogens (tertiary/aromatic N) is 11. The molecule has 6 aromatic carbocycles. The number of nitrogens with two attached hydrogens (primary N) is 1. The van der Waals surface area contributed by atoms with Crippen molar-refractivity contribution >= 4 is 115 Å². The van der Waals surface area contributed by atoms with E-state index in [1.54, 1.807) is 36.4 Å². The first-order valence-electron chi connectivity index (χ1n) is 30.8. The molecule has 2 heterocycles. The van der Waals surface area contributed by atoms with Crippen LogP contribution in [0.2, 0.25) is 0 Å². The third-order valence-corrected chi connectivity index (χ3v) is 15.9. The van der Waals surface area contributed by atoms with Gasteiger partial charge in [0.15, 0.2) is 5.11 Å². The number of halogens is 4. The van der Waals surface area contributed by atoms with Gasteiger partial charge in [0, 0.05) is 133 Å². The highest BCUT2D eigenvalue weighted by Gasteiger charge is 2.23. The van der Waals surface area contributed by atoms with E-state index >= 15 is 0 Å². The van der Waals surface area contributed by atoms with Crippen LogP contribution in [-0.4, -0.2) is 69.8 Å². The molecule has 22 heteroatoms. The molecule has 0 unspecified atom stereocenters. The molecule has 93 heavy (non-hydrogen) atoms. The number of benzene rings is 8. The van der Waals surface area contributed by atoms with Gasteiger partial charge in [-0.3, -0.25) is 4.39 Å². The Morgan fingerprint density at radius 2 is 0.946 bits per heavy atom. The van der Waals surface area contributed by atoms with E-state index < -0.39 is 7.15 Å². The summed E-state index contributed by atoms with van der Waals surface area (Å²) in [6.45, 7) is 29.2. The van der Waals surface area contributed by atoms with Gasteiger partial charge in [0.2, 0.25) is 10.7 Å². The van der Waals surface area contributed by atoms with Crippen molar-refractivity contribution < 1.29 is 39.4 Å². The molecule has 4 N–H and O–H groups in total. The number of nitrogens with one attached hydrogen (secondary N) is 2. The Morgan fingerprint density at radius 3 is 1.34 bits per heavy atom. The summed E-state index contributed by atoms with van der Waals surface area (Å²) in [5, 5.41) is 20.9. The second kappa shape index (κ2) is 37.5. The second-order valence-electron chi connectivity index (χ2n) is 20.7. The van der Waals surface area contributed by atoms with Crippen molar-refractivity contribution in [1.82, 2.24) is 9.15 Å². The standard InChI is InChI=1S/C35H37N7OS.C29H32N3OS.C6H6N4.CH3F.3ClH/c1-6-41(7-2)27-15-18-30-32(21-27)43-33-22-28(42(8-3)9-4)16-19-31(33)34(30)29-17-14-26(20-23(29)5)38-35(44)37-24-10-12-25(13-11-24)39-40-36;1-6-31(7-2)22-11-14-25-27(17-22)33-28-18-23(32(8-3)9-4)12-15-26(28)29(25)24-13-10-21(30-19-34)16-20(24)5;7-5-1-3-6(4-2-5)9-10-8;1-2;;;/h10-22H,6-9H2,1-5H3,(H,37,44);10-18H,6-9H2,1-5H3;1-4H,7H2;1H3;3*1H/q;+1;;;;;/p-1/i;;;1D;;;. The summed E-state index contributed by atoms with van der Waals surface area (Å²) in [7, 11) is -1.00. The Hall–Kier alpha value is -8.99. The summed E-state index contributed by atoms with van der Waals surface area (Å²) in [6, 6.07) is 52.6. The van der Waals surface area contributed by atoms with Crippen LogP contribution in [0.15, 0.2) is 182 Å². The predicted molar refractivity (Wildman–Crippen MR) is 390 cm³/mol. The Balaban J connectivity index is 0.000000333. The Labute approximate surface area is 575 Å². The van der Waals surface area contributed by atoms with Crippen LogP contribution < -0.4 is 70.8 Å². The molecule has 0 amide bonds. The van der Waals surface area contributed by atoms with Crippen molar-refractivity contribution in [3.05, 3.63) is 200 Å². The summed E-state index contributed by atoms with van der Waals surface area (Å²) in [5.74, 6) is 1.76. The van der Waals surface area contributed by atoms with E-state index in [0.717, 1.165) is 147 Å². The van der Waals surface area contributed by atoms with E-state index in [9.17, 15) is 4.39 Å². The van der Waals surface area contributed by atoms with Gasteiger partial charge in [-0.15, -0.1) is 12.4 Å². The van der Waals surface area contributed by atoms with Crippen molar-refractivity contribution in [2.45, 2.75) is 69.2 Å². The van der Waals surface area contributed by atoms with E-state index in [-0.39, 0.29) is 37.2 Å². The largest absolute Gasteiger partial charge is 1.00 e. The van der Waals surface area contributed by atoms with E-state index in [1.807, 2.05) is 18.2 Å². The number of hydrogen-bond acceptors (Lipinski definition) is 10. The number of aliphatic imine (C=N–C) groups is 1. The molecule has 16 nitrogen and oxygen atoms in total. The molecule has 2 aliphatic carbocycles. The minimum atomic E-state index is -1.00. The maximum Gasteiger partial charge on any atom is 0.203 e. The molecule has 0 atom stereocenters. The quantitative estimate of drug-likeness (QED) is 0.0116. The molecule has 0 saturated heterocycles. The van der Waals surface area contributed by atoms with Gasteiger partial charge in [0.05, 0.1) is 31.5 Å². The predicted octanol–water partition coefficient (Wildman–Crippen LogP) is 13.1. The third kappa shape index (κ3) is 18.8. The lowest BCUT2D eigenvalue weighted by Crippen LogP contribution is -3.00. The number of alkyl halides is 1. The monoisotopic (exact) mass is 1350 g/mol. The second-order valence-corrected chi connectivity index (χ2v) is 21.3. The summed E-state index contributed by atoms with van der Waals surface area (Å²) in [6.07, 6.45) is 0. The minimum absolute atomic E-state index is 0. The van der Waals surface area contributed by atoms with Gasteiger partial charge >= 0.3 is 0 Å². The highest BCUT2D eigenvalue weighted by Crippen LogP contribution is 2.44. The first-order chi connectivity index (χ1) is 44.2. The van der Waals surface area contributed by atoms with E-state index in [2.05, 4.69) is 232 Å². The maximum absolute atomic E-state index is 9.96. The first kappa shape index (κ1) is 74.7. The van der Waals surface area contributed by atoms with Gasteiger partial charge in [-0.2, -0.15) is 4.99 Å². The number of isothiocyanates is 1. The summed E-state index contributed by atoms with van der Waals surface area (Å²) in [4.78, 5) is 14.3. The molecule has 0 aromatic heterocycles. The number of aryl methyl sites for hydroxylation is 2. The zero-order valence-electron chi connectivity index (χ0n) is 55.0. The Bertz CT molecular complexity index is 4400. The molecule has 0 spiro atoms. The van der Waals surface area contributed by atoms with Crippen LogP contribution in [0, 0.1) is 13.8 Å². The lowest BCUT2D eigenvalue weighted by molar-refractivity contribution is -0.001000. The van der Waals surface area contributed by atoms with E-state index in [1.165, 1.54) is 22.2 Å². The van der Waals surface area contributed by atoms with E-state index in [0.29, 0.717) is 22.2 Å². The molecule has 2 aliphatic heterocycles. The van der Waals surface area contributed by atoms with Crippen molar-refractivity contribution in [3.8, 4) is 44.9 Å². The zero-order valence-corrected chi connectivity index (χ0v) is 58.0. The average Bonchev–Trinajstić information content (AvgIpc) is 0.757. The molecule has 10 rings (SSSR count). The van der Waals surface area contributed by atoms with Crippen molar-refractivity contribution in [2.24, 2.45) is 15.2 Å². The van der Waals surface area contributed by atoms with Crippen LogP contribution in [0.25, 0.3) is 87.7 Å². The average molecular weight is 1350 g/mol. The normalized spacial score (nSPS) is 10.2. The van der Waals surface area contributed by atoms with Crippen LogP contribution in [-0.2, 0) is 0 Å². The van der Waals surface area contributed by atoms with Crippen LogP contribution in [0.3, 0.4) is 0 Å². The van der Waals surface area contributed by atoms with Crippen LogP contribution in [0.4, 0.5) is 49.9 Å². The third-order valence-electron chi connectivity index (χ3n) is 15.6. The summed E-state index contributed by atoms with van der Waals surface area (Å²) < 4.78 is 33.4. The minimum Gasteiger partial charge on any atom is -1.00 e. The SMILES string of the molecule is CCN(CC)c1ccc2c(-c3ccc(N=C=S)cc3C)c3ccc(=[N+](CC)CC)cc-3oc2c1.CCN(CC)c1ccc2c(-c3ccc(NC(=S)Nc4ccc(N=[N+]=[N-])cc4)cc3C)c3ccc(=[N+](CC)CC)cc-3oc2c1.Cl.[2H]CF.[Cl-].[Cl-].[N-]=[N+]=Nc1ccc(N)cc1. The number of anilines is 5. The number of fused-ring (bicyclic) bond motifs is 4. The molecular weight excluding hydrogens is 1270 g/mol. The van der Waals surface area contributed by atoms with Crippen molar-refractivity contribution in [1.29, 1.82) is 0 Å². The maximum atomic E-state index is 9.96. The topological polar surface area (TPSA) is 199 Å². The Kier molecular flexibility index (Phi) is 30.1. The number of hydrogen-bond donors (Lipinski definition) is 3. The fraction of sp³-hybridized carbons (Fsp3) is 0.268. The van der Waals surface area contributed by atoms with Gasteiger partial charge in [0.1, 0.15) is 48.9 Å². The van der Waals surface area contributed by atoms with Crippen molar-refractivity contribution in [3.63, 3.8) is 0 Å². The van der Waals surface area contributed by atoms with Gasteiger partial charge in [-0.05, 0) is 212 Å². The number of azide groups is 2. The van der Waals surface area contributed by atoms with Gasteiger partial charge in [0.25, 0.3) is 0 Å². The number of rotatable bonds is 17. The first-order valence-corrected chi connectivity index (χ1v) is 30.9. The molecule has 486 valence electrons. The molecule has 4 aliphatic rings. The van der Waals surface area contributed by atoms with Gasteiger partial charge in [-0.1, -0.05) is 46.6 Å². The van der Waals surface area contributed by atoms with Crippen molar-refractivity contribution in [2.75, 3.05) is 85.7 Å². The molecule has 6 aromatic rings. The molecule has 0 fully saturated rings. The van der Waals surface area contributed by atoms with Gasteiger partial charge in [-0.25, -0.2) is 9.15 Å². The number of nitrogen functional groups attached to an aromatic ring is 1. The lowest BCUT2D eigenvalue weighted by Gasteiger charge is -2.22. The van der Waals surface area contributed by atoms with Crippen LogP contribution in [0.5, 0.6) is 0 Å². The molecular formula is C71H80Cl3FN14O2S2. The molecule has 0 bridgehead atoms. The fourth-order valence-electron chi connectivity index (χ4n) is 11.1. The van der Waals surface area contributed by atoms with E-state index in [4.69, 9.17) is 51.4 Å².